The highest BCUT2D eigenvalue weighted by Crippen LogP contribution is 2.29. The minimum absolute atomic E-state index is 0.133. The molecule has 0 saturated heterocycles. The molecule has 8 heteroatoms. The van der Waals surface area contributed by atoms with Gasteiger partial charge in [0, 0.05) is 44.2 Å². The maximum atomic E-state index is 13.7. The van der Waals surface area contributed by atoms with Crippen LogP contribution in [0.25, 0.3) is 0 Å². The van der Waals surface area contributed by atoms with E-state index in [1.54, 1.807) is 19.1 Å². The van der Waals surface area contributed by atoms with Crippen molar-refractivity contribution in [3.05, 3.63) is 106 Å². The third-order valence-corrected chi connectivity index (χ3v) is 7.10. The third kappa shape index (κ3) is 4.65. The molecule has 3 aliphatic heterocycles. The van der Waals surface area contributed by atoms with Crippen molar-refractivity contribution in [3.8, 4) is 5.75 Å². The van der Waals surface area contributed by atoms with Crippen molar-refractivity contribution in [2.24, 2.45) is 5.10 Å². The van der Waals surface area contributed by atoms with E-state index in [1.165, 1.54) is 16.6 Å². The first-order valence-corrected chi connectivity index (χ1v) is 12.7. The van der Waals surface area contributed by atoms with Gasteiger partial charge in [-0.3, -0.25) is 9.59 Å². The van der Waals surface area contributed by atoms with Gasteiger partial charge in [0.05, 0.1) is 23.6 Å². The Morgan fingerprint density at radius 2 is 1.87 bits per heavy atom. The number of anilines is 1. The zero-order valence-electron chi connectivity index (χ0n) is 21.0. The van der Waals surface area contributed by atoms with Gasteiger partial charge in [0.1, 0.15) is 11.6 Å². The van der Waals surface area contributed by atoms with E-state index in [-0.39, 0.29) is 17.6 Å². The van der Waals surface area contributed by atoms with Crippen LogP contribution in [0, 0.1) is 12.7 Å². The number of carbonyl (C=O) groups is 2. The second-order valence-electron chi connectivity index (χ2n) is 9.78. The number of hydrogen-bond acceptors (Lipinski definition) is 5. The lowest BCUT2D eigenvalue weighted by molar-refractivity contribution is -0.114. The van der Waals surface area contributed by atoms with E-state index in [1.807, 2.05) is 42.6 Å². The number of aryl methyl sites for hydroxylation is 1. The van der Waals surface area contributed by atoms with Crippen molar-refractivity contribution >= 4 is 23.2 Å². The van der Waals surface area contributed by atoms with Gasteiger partial charge in [-0.05, 0) is 65.6 Å². The smallest absolute Gasteiger partial charge is 0.282 e. The van der Waals surface area contributed by atoms with Crippen LogP contribution in [-0.4, -0.2) is 35.6 Å². The molecule has 0 fully saturated rings. The van der Waals surface area contributed by atoms with Gasteiger partial charge in [-0.2, -0.15) is 10.1 Å². The zero-order chi connectivity index (χ0) is 26.2. The standard InChI is InChI=1S/C30H27FN4O3/c1-19-14-24(8-9-26(19)31)35-30(37)25-18-34(12-10-27(25)33-35)17-20-2-6-23(7-3-20)29(36)32-16-21-4-5-22-11-13-38-28(22)15-21/h2-9,14-15,18H,10-13,16-17H2,1H3,(H,32,36). The first-order chi connectivity index (χ1) is 18.4. The largest absolute Gasteiger partial charge is 0.493 e. The maximum Gasteiger partial charge on any atom is 0.282 e. The third-order valence-electron chi connectivity index (χ3n) is 7.10. The summed E-state index contributed by atoms with van der Waals surface area (Å²) in [5.41, 5.74) is 6.17. The maximum absolute atomic E-state index is 13.7. The highest BCUT2D eigenvalue weighted by atomic mass is 19.1. The molecule has 0 aliphatic carbocycles. The van der Waals surface area contributed by atoms with Gasteiger partial charge in [0.25, 0.3) is 11.8 Å². The first-order valence-electron chi connectivity index (χ1n) is 12.7. The Bertz CT molecular complexity index is 1500. The summed E-state index contributed by atoms with van der Waals surface area (Å²) in [4.78, 5) is 27.8. The lowest BCUT2D eigenvalue weighted by Gasteiger charge is -2.25. The van der Waals surface area contributed by atoms with E-state index < -0.39 is 0 Å². The molecular weight excluding hydrogens is 483 g/mol. The Hall–Kier alpha value is -4.46. The van der Waals surface area contributed by atoms with Crippen molar-refractivity contribution in [3.63, 3.8) is 0 Å². The number of nitrogens with one attached hydrogen (secondary N) is 1. The number of hydrazone groups is 1. The van der Waals surface area contributed by atoms with Gasteiger partial charge >= 0.3 is 0 Å². The van der Waals surface area contributed by atoms with Crippen LogP contribution in [0.4, 0.5) is 10.1 Å². The van der Waals surface area contributed by atoms with Crippen molar-refractivity contribution in [2.45, 2.75) is 32.9 Å². The quantitative estimate of drug-likeness (QED) is 0.530. The molecule has 3 aromatic rings. The SMILES string of the molecule is Cc1cc(N2N=C3CCN(Cc4ccc(C(=O)NCc5ccc6c(c5)OCC6)cc4)C=C3C2=O)ccc1F. The molecule has 0 saturated carbocycles. The molecule has 0 spiro atoms. The van der Waals surface area contributed by atoms with Crippen LogP contribution < -0.4 is 15.1 Å². The van der Waals surface area contributed by atoms with Gasteiger partial charge in [-0.1, -0.05) is 24.3 Å². The molecule has 3 aliphatic rings. The second-order valence-corrected chi connectivity index (χ2v) is 9.78. The van der Waals surface area contributed by atoms with E-state index in [0.717, 1.165) is 35.6 Å². The lowest BCUT2D eigenvalue weighted by Crippen LogP contribution is -2.29. The number of benzene rings is 3. The average molecular weight is 511 g/mol. The van der Waals surface area contributed by atoms with Gasteiger partial charge in [0.2, 0.25) is 0 Å². The predicted octanol–water partition coefficient (Wildman–Crippen LogP) is 4.49. The monoisotopic (exact) mass is 510 g/mol. The van der Waals surface area contributed by atoms with Crippen LogP contribution in [0.1, 0.15) is 39.0 Å². The summed E-state index contributed by atoms with van der Waals surface area (Å²) >= 11 is 0. The zero-order valence-corrected chi connectivity index (χ0v) is 21.0. The molecular formula is C30H27FN4O3. The number of fused-ring (bicyclic) bond motifs is 2. The minimum Gasteiger partial charge on any atom is -0.493 e. The molecule has 0 radical (unpaired) electrons. The Morgan fingerprint density at radius 1 is 1.05 bits per heavy atom. The lowest BCUT2D eigenvalue weighted by atomic mass is 10.0. The minimum atomic E-state index is -0.312. The summed E-state index contributed by atoms with van der Waals surface area (Å²) in [6.07, 6.45) is 3.42. The highest BCUT2D eigenvalue weighted by molar-refractivity contribution is 6.30. The number of halogens is 1. The summed E-state index contributed by atoms with van der Waals surface area (Å²) in [7, 11) is 0. The van der Waals surface area contributed by atoms with E-state index in [0.29, 0.717) is 48.5 Å². The van der Waals surface area contributed by atoms with Crippen LogP contribution in [-0.2, 0) is 24.3 Å². The normalized spacial score (nSPS) is 16.0. The summed E-state index contributed by atoms with van der Waals surface area (Å²) in [5, 5.41) is 8.81. The molecule has 0 aromatic heterocycles. The second kappa shape index (κ2) is 9.78. The van der Waals surface area contributed by atoms with Crippen molar-refractivity contribution in [1.29, 1.82) is 0 Å². The Morgan fingerprint density at radius 3 is 2.68 bits per heavy atom. The number of ether oxygens (including phenoxy) is 1. The Kier molecular flexibility index (Phi) is 6.15. The molecule has 0 unspecified atom stereocenters. The number of rotatable bonds is 6. The highest BCUT2D eigenvalue weighted by Gasteiger charge is 2.34. The van der Waals surface area contributed by atoms with Gasteiger partial charge < -0.3 is 15.0 Å². The Labute approximate surface area is 220 Å². The van der Waals surface area contributed by atoms with Crippen LogP contribution in [0.3, 0.4) is 0 Å². The molecule has 7 nitrogen and oxygen atoms in total. The van der Waals surface area contributed by atoms with Crippen molar-refractivity contribution in [1.82, 2.24) is 10.2 Å². The van der Waals surface area contributed by atoms with Crippen LogP contribution in [0.2, 0.25) is 0 Å². The molecule has 2 amide bonds. The van der Waals surface area contributed by atoms with E-state index >= 15 is 0 Å². The molecule has 192 valence electrons. The van der Waals surface area contributed by atoms with E-state index in [9.17, 15) is 14.0 Å². The summed E-state index contributed by atoms with van der Waals surface area (Å²) < 4.78 is 19.3. The average Bonchev–Trinajstić information content (AvgIpc) is 3.53. The molecule has 0 bridgehead atoms. The fourth-order valence-corrected chi connectivity index (χ4v) is 4.93. The van der Waals surface area contributed by atoms with Crippen molar-refractivity contribution in [2.75, 3.05) is 18.2 Å². The number of carbonyl (C=O) groups excluding carboxylic acids is 2. The molecule has 38 heavy (non-hydrogen) atoms. The summed E-state index contributed by atoms with van der Waals surface area (Å²) in [6.45, 7) is 4.14. The number of hydrogen-bond donors (Lipinski definition) is 1. The molecule has 1 N–H and O–H groups in total. The first kappa shape index (κ1) is 23.9. The van der Waals surface area contributed by atoms with Gasteiger partial charge in [-0.25, -0.2) is 4.39 Å². The van der Waals surface area contributed by atoms with Crippen LogP contribution in [0.15, 0.2) is 77.5 Å². The van der Waals surface area contributed by atoms with Crippen LogP contribution >= 0.6 is 0 Å². The topological polar surface area (TPSA) is 74.2 Å². The van der Waals surface area contributed by atoms with Gasteiger partial charge in [0.15, 0.2) is 0 Å². The van der Waals surface area contributed by atoms with Gasteiger partial charge in [-0.15, -0.1) is 0 Å². The number of amides is 2. The predicted molar refractivity (Wildman–Crippen MR) is 142 cm³/mol. The number of nitrogens with zero attached hydrogens (tertiary/aromatic N) is 3. The van der Waals surface area contributed by atoms with Crippen LogP contribution in [0.5, 0.6) is 5.75 Å². The van der Waals surface area contributed by atoms with E-state index in [2.05, 4.69) is 21.4 Å². The molecule has 3 aromatic carbocycles. The summed E-state index contributed by atoms with van der Waals surface area (Å²) in [5.74, 6) is 0.252. The molecule has 3 heterocycles. The fraction of sp³-hybridized carbons (Fsp3) is 0.233. The van der Waals surface area contributed by atoms with Crippen molar-refractivity contribution < 1.29 is 18.7 Å². The molecule has 6 rings (SSSR count). The molecule has 0 atom stereocenters. The fourth-order valence-electron chi connectivity index (χ4n) is 4.93. The Balaban J connectivity index is 1.07. The summed E-state index contributed by atoms with van der Waals surface area (Å²) in [6, 6.07) is 18.1. The van der Waals surface area contributed by atoms with E-state index in [4.69, 9.17) is 4.74 Å².